The molecule has 1 aliphatic heterocycles. The Morgan fingerprint density at radius 1 is 2.00 bits per heavy atom. The van der Waals surface area contributed by atoms with Crippen LogP contribution >= 0.6 is 0 Å². The molecule has 0 aromatic heterocycles. The lowest BCUT2D eigenvalue weighted by Gasteiger charge is -1.90. The van der Waals surface area contributed by atoms with Crippen LogP contribution in [0.2, 0.25) is 0 Å². The van der Waals surface area contributed by atoms with Crippen LogP contribution in [0.3, 0.4) is 0 Å². The standard InChI is InChI=1S/C5H7NO/c1-4(2)6-3-5(6)7/h1,3H2,2H3. The summed E-state index contributed by atoms with van der Waals surface area (Å²) < 4.78 is 0. The van der Waals surface area contributed by atoms with Crippen molar-refractivity contribution in [2.24, 2.45) is 0 Å². The summed E-state index contributed by atoms with van der Waals surface area (Å²) in [6.45, 7) is 5.98. The number of carbonyl (C=O) groups is 1. The molecule has 1 heterocycles. The van der Waals surface area contributed by atoms with Crippen LogP contribution in [0.5, 0.6) is 0 Å². The first kappa shape index (κ1) is 4.37. The van der Waals surface area contributed by atoms with Gasteiger partial charge >= 0.3 is 0 Å². The Balaban J connectivity index is 2.48. The van der Waals surface area contributed by atoms with E-state index in [1.54, 1.807) is 4.90 Å². The summed E-state index contributed by atoms with van der Waals surface area (Å²) in [6.07, 6.45) is 0. The number of rotatable bonds is 1. The fraction of sp³-hybridized carbons (Fsp3) is 0.400. The van der Waals surface area contributed by atoms with Crippen molar-refractivity contribution in [3.05, 3.63) is 12.3 Å². The fourth-order valence-electron chi connectivity index (χ4n) is 0.448. The Morgan fingerprint density at radius 2 is 2.43 bits per heavy atom. The zero-order valence-corrected chi connectivity index (χ0v) is 4.27. The van der Waals surface area contributed by atoms with Gasteiger partial charge in [-0.3, -0.25) is 4.79 Å². The zero-order chi connectivity index (χ0) is 5.44. The highest BCUT2D eigenvalue weighted by molar-refractivity contribution is 5.94. The second-order valence-electron chi connectivity index (χ2n) is 1.72. The SMILES string of the molecule is C=C(C)N1CC1=O. The highest BCUT2D eigenvalue weighted by atomic mass is 16.2. The quantitative estimate of drug-likeness (QED) is 0.432. The van der Waals surface area contributed by atoms with Gasteiger partial charge < -0.3 is 4.90 Å². The lowest BCUT2D eigenvalue weighted by atomic mass is 10.6. The molecule has 0 spiro atoms. The van der Waals surface area contributed by atoms with Crippen molar-refractivity contribution in [3.63, 3.8) is 0 Å². The minimum atomic E-state index is 0.188. The molecule has 1 fully saturated rings. The molecule has 1 amide bonds. The second kappa shape index (κ2) is 1.09. The molecule has 0 aromatic carbocycles. The predicted octanol–water partition coefficient (Wildman–Crippen LogP) is 0.362. The summed E-state index contributed by atoms with van der Waals surface area (Å²) in [6, 6.07) is 0. The molecule has 0 radical (unpaired) electrons. The van der Waals surface area contributed by atoms with Gasteiger partial charge in [0.2, 0.25) is 5.91 Å². The van der Waals surface area contributed by atoms with Crippen molar-refractivity contribution < 1.29 is 4.79 Å². The zero-order valence-electron chi connectivity index (χ0n) is 4.27. The smallest absolute Gasteiger partial charge is 0.247 e. The van der Waals surface area contributed by atoms with Gasteiger partial charge in [-0.1, -0.05) is 6.58 Å². The largest absolute Gasteiger partial charge is 0.306 e. The molecule has 0 atom stereocenters. The molecule has 0 aliphatic carbocycles. The van der Waals surface area contributed by atoms with E-state index in [0.717, 1.165) is 5.70 Å². The minimum Gasteiger partial charge on any atom is -0.306 e. The van der Waals surface area contributed by atoms with Gasteiger partial charge in [-0.25, -0.2) is 0 Å². The molecule has 0 N–H and O–H groups in total. The average Bonchev–Trinajstić information content (AvgIpc) is 2.17. The van der Waals surface area contributed by atoms with E-state index in [1.165, 1.54) is 0 Å². The van der Waals surface area contributed by atoms with Crippen LogP contribution in [-0.2, 0) is 4.79 Å². The summed E-state index contributed by atoms with van der Waals surface area (Å²) in [5, 5.41) is 0. The van der Waals surface area contributed by atoms with Gasteiger partial charge in [-0.15, -0.1) is 0 Å². The van der Waals surface area contributed by atoms with Gasteiger partial charge in [0.1, 0.15) is 6.54 Å². The normalized spacial score (nSPS) is 17.3. The molecular weight excluding hydrogens is 90.1 g/mol. The van der Waals surface area contributed by atoms with Crippen LogP contribution < -0.4 is 0 Å². The number of hydrogen-bond acceptors (Lipinski definition) is 1. The van der Waals surface area contributed by atoms with E-state index in [-0.39, 0.29) is 5.91 Å². The van der Waals surface area contributed by atoms with Gasteiger partial charge in [0.25, 0.3) is 0 Å². The second-order valence-corrected chi connectivity index (χ2v) is 1.72. The van der Waals surface area contributed by atoms with Crippen LogP contribution in [0.1, 0.15) is 6.92 Å². The van der Waals surface area contributed by atoms with Crippen molar-refractivity contribution in [2.45, 2.75) is 6.92 Å². The van der Waals surface area contributed by atoms with E-state index in [4.69, 9.17) is 0 Å². The highest BCUT2D eigenvalue weighted by Gasteiger charge is 2.29. The topological polar surface area (TPSA) is 20.1 Å². The van der Waals surface area contributed by atoms with Crippen molar-refractivity contribution >= 4 is 5.91 Å². The molecule has 2 nitrogen and oxygen atoms in total. The van der Waals surface area contributed by atoms with Gasteiger partial charge in [0.15, 0.2) is 0 Å². The summed E-state index contributed by atoms with van der Waals surface area (Å²) in [5.41, 5.74) is 0.852. The van der Waals surface area contributed by atoms with Crippen LogP contribution in [0, 0.1) is 0 Å². The maximum atomic E-state index is 10.2. The lowest BCUT2D eigenvalue weighted by Crippen LogP contribution is -1.89. The molecule has 0 bridgehead atoms. The third-order valence-electron chi connectivity index (χ3n) is 0.952. The van der Waals surface area contributed by atoms with Crippen molar-refractivity contribution in [2.75, 3.05) is 6.54 Å². The Bertz CT molecular complexity index is 128. The monoisotopic (exact) mass is 97.1 g/mol. The summed E-state index contributed by atoms with van der Waals surface area (Å²) in [7, 11) is 0. The molecule has 1 rings (SSSR count). The molecule has 0 saturated carbocycles. The maximum Gasteiger partial charge on any atom is 0.247 e. The Labute approximate surface area is 42.4 Å². The van der Waals surface area contributed by atoms with Crippen LogP contribution in [0.25, 0.3) is 0 Å². The van der Waals surface area contributed by atoms with E-state index >= 15 is 0 Å². The first-order valence-corrected chi connectivity index (χ1v) is 2.17. The molecule has 7 heavy (non-hydrogen) atoms. The number of carbonyl (C=O) groups excluding carboxylic acids is 1. The van der Waals surface area contributed by atoms with Crippen molar-refractivity contribution in [3.8, 4) is 0 Å². The molecule has 0 unspecified atom stereocenters. The number of hydrogen-bond donors (Lipinski definition) is 0. The Morgan fingerprint density at radius 3 is 2.43 bits per heavy atom. The number of nitrogens with zero attached hydrogens (tertiary/aromatic N) is 1. The van der Waals surface area contributed by atoms with Crippen molar-refractivity contribution in [1.29, 1.82) is 0 Å². The van der Waals surface area contributed by atoms with Gasteiger partial charge in [0.05, 0.1) is 0 Å². The van der Waals surface area contributed by atoms with E-state index in [1.807, 2.05) is 6.92 Å². The lowest BCUT2D eigenvalue weighted by molar-refractivity contribution is -0.112. The minimum absolute atomic E-state index is 0.188. The highest BCUT2D eigenvalue weighted by Crippen LogP contribution is 2.12. The van der Waals surface area contributed by atoms with E-state index in [2.05, 4.69) is 6.58 Å². The van der Waals surface area contributed by atoms with Gasteiger partial charge in [-0.2, -0.15) is 0 Å². The van der Waals surface area contributed by atoms with Gasteiger partial charge in [0, 0.05) is 5.70 Å². The number of allylic oxidation sites excluding steroid dienone is 1. The molecule has 1 saturated heterocycles. The van der Waals surface area contributed by atoms with Gasteiger partial charge in [-0.05, 0) is 6.92 Å². The first-order chi connectivity index (χ1) is 3.22. The van der Waals surface area contributed by atoms with E-state index in [0.29, 0.717) is 6.54 Å². The first-order valence-electron chi connectivity index (χ1n) is 2.17. The fourth-order valence-corrected chi connectivity index (χ4v) is 0.448. The van der Waals surface area contributed by atoms with Crippen LogP contribution in [0.15, 0.2) is 12.3 Å². The summed E-state index contributed by atoms with van der Waals surface area (Å²) >= 11 is 0. The van der Waals surface area contributed by atoms with E-state index < -0.39 is 0 Å². The summed E-state index contributed by atoms with van der Waals surface area (Å²) in [4.78, 5) is 11.8. The maximum absolute atomic E-state index is 10.2. The molecule has 2 heteroatoms. The van der Waals surface area contributed by atoms with Crippen LogP contribution in [0.4, 0.5) is 0 Å². The molecule has 0 aromatic rings. The third kappa shape index (κ3) is 0.633. The third-order valence-corrected chi connectivity index (χ3v) is 0.952. The summed E-state index contributed by atoms with van der Waals surface area (Å²) in [5.74, 6) is 0.188. The van der Waals surface area contributed by atoms with Crippen molar-refractivity contribution in [1.82, 2.24) is 4.90 Å². The Hall–Kier alpha value is -0.790. The molecule has 38 valence electrons. The van der Waals surface area contributed by atoms with Crippen LogP contribution in [-0.4, -0.2) is 17.4 Å². The Kier molecular flexibility index (Phi) is 0.680. The van der Waals surface area contributed by atoms with E-state index in [9.17, 15) is 4.79 Å². The average molecular weight is 97.1 g/mol. The number of amides is 1. The predicted molar refractivity (Wildman–Crippen MR) is 26.5 cm³/mol. The molecular formula is C5H7NO. The molecule has 1 aliphatic rings.